The largest absolute Gasteiger partial charge is 0.334 e. The van der Waals surface area contributed by atoms with Crippen molar-refractivity contribution in [2.75, 3.05) is 13.1 Å². The van der Waals surface area contributed by atoms with E-state index in [4.69, 9.17) is 0 Å². The van der Waals surface area contributed by atoms with Gasteiger partial charge in [-0.05, 0) is 11.6 Å². The van der Waals surface area contributed by atoms with Gasteiger partial charge in [-0.1, -0.05) is 24.3 Å². The van der Waals surface area contributed by atoms with Gasteiger partial charge in [-0.25, -0.2) is 17.5 Å². The molecule has 0 aliphatic carbocycles. The summed E-state index contributed by atoms with van der Waals surface area (Å²) >= 11 is 0. The molecule has 0 unspecified atom stereocenters. The highest BCUT2D eigenvalue weighted by molar-refractivity contribution is 7.89. The molecule has 4 amide bonds. The van der Waals surface area contributed by atoms with Crippen molar-refractivity contribution in [3.05, 3.63) is 48.0 Å². The lowest BCUT2D eigenvalue weighted by molar-refractivity contribution is -0.120. The quantitative estimate of drug-likeness (QED) is 0.750. The van der Waals surface area contributed by atoms with E-state index < -0.39 is 34.4 Å². The maximum atomic E-state index is 12.3. The Labute approximate surface area is 133 Å². The highest BCUT2D eigenvalue weighted by Crippen LogP contribution is 2.24. The summed E-state index contributed by atoms with van der Waals surface area (Å²) in [5.74, 6) is -2.05. The number of carbonyl (C=O) groups excluding carboxylic acids is 3. The molecule has 1 aromatic carbocycles. The number of hydrogen-bond acceptors (Lipinski definition) is 5. The Kier molecular flexibility index (Phi) is 4.80. The van der Waals surface area contributed by atoms with E-state index in [-0.39, 0.29) is 17.9 Å². The van der Waals surface area contributed by atoms with Crippen molar-refractivity contribution in [1.29, 1.82) is 0 Å². The molecule has 23 heavy (non-hydrogen) atoms. The van der Waals surface area contributed by atoms with Crippen molar-refractivity contribution < 1.29 is 22.8 Å². The van der Waals surface area contributed by atoms with Crippen LogP contribution in [0.5, 0.6) is 0 Å². The first-order chi connectivity index (χ1) is 10.8. The molecular weight excluding hydrogens is 322 g/mol. The summed E-state index contributed by atoms with van der Waals surface area (Å²) in [4.78, 5) is 35.4. The third-order valence-corrected chi connectivity index (χ3v) is 4.74. The van der Waals surface area contributed by atoms with Gasteiger partial charge in [0.2, 0.25) is 15.9 Å². The summed E-state index contributed by atoms with van der Waals surface area (Å²) in [6, 6.07) is 5.49. The van der Waals surface area contributed by atoms with Gasteiger partial charge in [0.05, 0.1) is 5.75 Å². The molecule has 2 rings (SSSR count). The Balaban J connectivity index is 2.13. The van der Waals surface area contributed by atoms with Crippen LogP contribution in [-0.2, 0) is 20.6 Å². The molecule has 122 valence electrons. The second-order valence-electron chi connectivity index (χ2n) is 4.77. The summed E-state index contributed by atoms with van der Waals surface area (Å²) in [6.07, 6.45) is 1.42. The van der Waals surface area contributed by atoms with Crippen LogP contribution < -0.4 is 10.6 Å². The number of rotatable bonds is 4. The van der Waals surface area contributed by atoms with Crippen LogP contribution in [0.1, 0.15) is 15.9 Å². The molecule has 0 atom stereocenters. The Morgan fingerprint density at radius 1 is 1.30 bits per heavy atom. The molecule has 0 radical (unpaired) electrons. The van der Waals surface area contributed by atoms with Gasteiger partial charge in [-0.15, -0.1) is 6.58 Å². The Morgan fingerprint density at radius 2 is 2.00 bits per heavy atom. The minimum Gasteiger partial charge on any atom is -0.334 e. The lowest BCUT2D eigenvalue weighted by Crippen LogP contribution is -2.49. The fraction of sp³-hybridized carbons (Fsp3) is 0.214. The molecule has 1 aromatic rings. The number of benzene rings is 1. The lowest BCUT2D eigenvalue weighted by Gasteiger charge is -2.27. The van der Waals surface area contributed by atoms with Gasteiger partial charge < -0.3 is 5.32 Å². The predicted molar refractivity (Wildman–Crippen MR) is 81.8 cm³/mol. The third-order valence-electron chi connectivity index (χ3n) is 3.10. The van der Waals surface area contributed by atoms with E-state index in [0.29, 0.717) is 9.87 Å². The summed E-state index contributed by atoms with van der Waals surface area (Å²) in [5.41, 5.74) is 0.615. The van der Waals surface area contributed by atoms with Crippen molar-refractivity contribution in [3.63, 3.8) is 0 Å². The number of nitrogens with one attached hydrogen (secondary N) is 2. The monoisotopic (exact) mass is 337 g/mol. The van der Waals surface area contributed by atoms with Crippen LogP contribution in [0.25, 0.3) is 0 Å². The Hall–Kier alpha value is -2.68. The number of imide groups is 1. The third kappa shape index (κ3) is 3.75. The number of hydrogen-bond donors (Lipinski definition) is 2. The van der Waals surface area contributed by atoms with Crippen LogP contribution in [0.4, 0.5) is 4.79 Å². The van der Waals surface area contributed by atoms with Crippen LogP contribution in [0, 0.1) is 0 Å². The molecule has 0 fully saturated rings. The first-order valence-corrected chi connectivity index (χ1v) is 8.27. The average molecular weight is 337 g/mol. The summed E-state index contributed by atoms with van der Waals surface area (Å²) in [5, 5.41) is 4.26. The van der Waals surface area contributed by atoms with Crippen molar-refractivity contribution >= 4 is 27.9 Å². The van der Waals surface area contributed by atoms with Gasteiger partial charge in [-0.3, -0.25) is 14.9 Å². The average Bonchev–Trinajstić information content (AvgIpc) is 2.49. The summed E-state index contributed by atoms with van der Waals surface area (Å²) in [7, 11) is -3.96. The lowest BCUT2D eigenvalue weighted by atomic mass is 10.1. The Morgan fingerprint density at radius 3 is 2.70 bits per heavy atom. The SMILES string of the molecule is C=CCNC(=O)NC(=O)CN1C(=O)c2ccccc2CS1(=O)=O. The number of sulfonamides is 1. The van der Waals surface area contributed by atoms with E-state index >= 15 is 0 Å². The van der Waals surface area contributed by atoms with Crippen molar-refractivity contribution in [3.8, 4) is 0 Å². The maximum absolute atomic E-state index is 12.3. The second-order valence-corrected chi connectivity index (χ2v) is 6.67. The van der Waals surface area contributed by atoms with Gasteiger partial charge in [0.25, 0.3) is 5.91 Å². The topological polar surface area (TPSA) is 113 Å². The molecule has 9 heteroatoms. The van der Waals surface area contributed by atoms with E-state index in [2.05, 4.69) is 11.9 Å². The number of nitrogens with zero attached hydrogens (tertiary/aromatic N) is 1. The molecule has 0 saturated carbocycles. The first-order valence-electron chi connectivity index (χ1n) is 6.66. The highest BCUT2D eigenvalue weighted by atomic mass is 32.2. The van der Waals surface area contributed by atoms with Gasteiger partial charge in [-0.2, -0.15) is 0 Å². The number of carbonyl (C=O) groups is 3. The normalized spacial score (nSPS) is 15.5. The minimum absolute atomic E-state index is 0.146. The molecule has 0 aromatic heterocycles. The molecule has 1 aliphatic rings. The van der Waals surface area contributed by atoms with Gasteiger partial charge in [0.15, 0.2) is 0 Å². The van der Waals surface area contributed by atoms with E-state index in [1.807, 2.05) is 5.32 Å². The summed E-state index contributed by atoms with van der Waals surface area (Å²) < 4.78 is 24.8. The number of fused-ring (bicyclic) bond motifs is 1. The predicted octanol–water partition coefficient (Wildman–Crippen LogP) is -0.0160. The number of urea groups is 1. The van der Waals surface area contributed by atoms with Crippen LogP contribution in [-0.4, -0.2) is 43.7 Å². The zero-order chi connectivity index (χ0) is 17.0. The number of amides is 4. The van der Waals surface area contributed by atoms with Gasteiger partial charge in [0.1, 0.15) is 6.54 Å². The maximum Gasteiger partial charge on any atom is 0.321 e. The molecule has 1 aliphatic heterocycles. The first kappa shape index (κ1) is 16.7. The fourth-order valence-corrected chi connectivity index (χ4v) is 3.53. The standard InChI is InChI=1S/C14H15N3O5S/c1-2-7-15-14(20)16-12(18)8-17-13(19)11-6-4-3-5-10(11)9-23(17,21)22/h2-6H,1,7-9H2,(H2,15,16,18,20). The van der Waals surface area contributed by atoms with E-state index in [9.17, 15) is 22.8 Å². The van der Waals surface area contributed by atoms with E-state index in [0.717, 1.165) is 0 Å². The molecule has 0 bridgehead atoms. The van der Waals surface area contributed by atoms with E-state index in [1.54, 1.807) is 18.2 Å². The van der Waals surface area contributed by atoms with Crippen LogP contribution in [0.15, 0.2) is 36.9 Å². The molecule has 8 nitrogen and oxygen atoms in total. The zero-order valence-corrected chi connectivity index (χ0v) is 12.9. The smallest absolute Gasteiger partial charge is 0.321 e. The zero-order valence-electron chi connectivity index (χ0n) is 12.1. The highest BCUT2D eigenvalue weighted by Gasteiger charge is 2.36. The van der Waals surface area contributed by atoms with E-state index in [1.165, 1.54) is 12.1 Å². The van der Waals surface area contributed by atoms with Gasteiger partial charge in [0, 0.05) is 12.1 Å². The van der Waals surface area contributed by atoms with Gasteiger partial charge >= 0.3 is 6.03 Å². The van der Waals surface area contributed by atoms with Crippen molar-refractivity contribution in [1.82, 2.24) is 14.9 Å². The fourth-order valence-electron chi connectivity index (χ4n) is 2.07. The molecule has 0 spiro atoms. The minimum atomic E-state index is -3.96. The van der Waals surface area contributed by atoms with Crippen molar-refractivity contribution in [2.45, 2.75) is 5.75 Å². The molecule has 0 saturated heterocycles. The Bertz CT molecular complexity index is 772. The van der Waals surface area contributed by atoms with Crippen LogP contribution in [0.3, 0.4) is 0 Å². The van der Waals surface area contributed by atoms with Crippen LogP contribution >= 0.6 is 0 Å². The van der Waals surface area contributed by atoms with Crippen LogP contribution in [0.2, 0.25) is 0 Å². The molecule has 2 N–H and O–H groups in total. The second kappa shape index (κ2) is 6.61. The molecule has 1 heterocycles. The molecular formula is C14H15N3O5S. The van der Waals surface area contributed by atoms with Crippen molar-refractivity contribution in [2.24, 2.45) is 0 Å². The summed E-state index contributed by atoms with van der Waals surface area (Å²) in [6.45, 7) is 2.79.